The highest BCUT2D eigenvalue weighted by molar-refractivity contribution is 9.10. The predicted octanol–water partition coefficient (Wildman–Crippen LogP) is 2.76. The number of halogens is 1. The molecule has 0 atom stereocenters. The first-order valence-electron chi connectivity index (χ1n) is 4.45. The number of rotatable bonds is 1. The van der Waals surface area contributed by atoms with Crippen LogP contribution in [0, 0.1) is 0 Å². The highest BCUT2D eigenvalue weighted by atomic mass is 79.9. The van der Waals surface area contributed by atoms with Crippen LogP contribution in [0.15, 0.2) is 46.1 Å². The van der Waals surface area contributed by atoms with Gasteiger partial charge >= 0.3 is 0 Å². The van der Waals surface area contributed by atoms with E-state index in [2.05, 4.69) is 53.4 Å². The van der Waals surface area contributed by atoms with E-state index in [4.69, 9.17) is 0 Å². The molecular formula is C11H12BrN2+. The van der Waals surface area contributed by atoms with Crippen LogP contribution in [0.1, 0.15) is 5.56 Å². The number of hydrogen-bond donors (Lipinski definition) is 0. The Balaban J connectivity index is 2.43. The molecule has 0 N–H and O–H groups in total. The first-order chi connectivity index (χ1) is 6.59. The monoisotopic (exact) mass is 251 g/mol. The highest BCUT2D eigenvalue weighted by Crippen LogP contribution is 2.19. The molecule has 0 aromatic heterocycles. The zero-order valence-electron chi connectivity index (χ0n) is 8.24. The van der Waals surface area contributed by atoms with Crippen LogP contribution in [-0.4, -0.2) is 24.4 Å². The van der Waals surface area contributed by atoms with E-state index in [1.54, 1.807) is 0 Å². The number of quaternary nitrogens is 1. The van der Waals surface area contributed by atoms with Gasteiger partial charge in [0, 0.05) is 4.47 Å². The van der Waals surface area contributed by atoms with Gasteiger partial charge in [0.2, 0.25) is 5.84 Å². The molecule has 0 fully saturated rings. The van der Waals surface area contributed by atoms with E-state index >= 15 is 0 Å². The molecule has 0 aliphatic carbocycles. The molecule has 2 nitrogen and oxygen atoms in total. The Hall–Kier alpha value is -0.930. The fourth-order valence-electron chi connectivity index (χ4n) is 1.52. The molecule has 1 aromatic rings. The Morgan fingerprint density at radius 1 is 1.29 bits per heavy atom. The van der Waals surface area contributed by atoms with Gasteiger partial charge < -0.3 is 0 Å². The lowest BCUT2D eigenvalue weighted by Gasteiger charge is -2.21. The maximum absolute atomic E-state index is 4.39. The minimum atomic E-state index is 0.705. The average Bonchev–Trinajstić information content (AvgIpc) is 2.45. The first-order valence-corrected chi connectivity index (χ1v) is 5.24. The van der Waals surface area contributed by atoms with Crippen LogP contribution in [0.3, 0.4) is 0 Å². The van der Waals surface area contributed by atoms with E-state index < -0.39 is 0 Å². The fraction of sp³-hybridized carbons (Fsp3) is 0.182. The van der Waals surface area contributed by atoms with Crippen molar-refractivity contribution in [2.24, 2.45) is 4.99 Å². The Kier molecular flexibility index (Phi) is 2.29. The molecule has 0 spiro atoms. The minimum Gasteiger partial charge on any atom is -0.252 e. The molecule has 0 amide bonds. The molecule has 1 aromatic carbocycles. The normalized spacial score (nSPS) is 18.4. The minimum absolute atomic E-state index is 0.705. The van der Waals surface area contributed by atoms with Gasteiger partial charge in [-0.25, -0.2) is 0 Å². The fourth-order valence-corrected chi connectivity index (χ4v) is 1.92. The molecule has 14 heavy (non-hydrogen) atoms. The number of benzene rings is 1. The summed E-state index contributed by atoms with van der Waals surface area (Å²) >= 11 is 3.46. The van der Waals surface area contributed by atoms with E-state index in [1.165, 1.54) is 0 Å². The van der Waals surface area contributed by atoms with Gasteiger partial charge in [-0.2, -0.15) is 4.99 Å². The summed E-state index contributed by atoms with van der Waals surface area (Å²) in [7, 11) is 4.23. The van der Waals surface area contributed by atoms with Gasteiger partial charge in [-0.1, -0.05) is 22.0 Å². The van der Waals surface area contributed by atoms with Gasteiger partial charge in [0.05, 0.1) is 25.9 Å². The molecule has 1 aliphatic rings. The molecule has 72 valence electrons. The van der Waals surface area contributed by atoms with Gasteiger partial charge in [-0.15, -0.1) is 0 Å². The molecule has 0 saturated carbocycles. The van der Waals surface area contributed by atoms with Crippen LogP contribution in [0.4, 0.5) is 0 Å². The lowest BCUT2D eigenvalue weighted by molar-refractivity contribution is -0.738. The van der Waals surface area contributed by atoms with Gasteiger partial charge in [-0.3, -0.25) is 4.48 Å². The largest absolute Gasteiger partial charge is 0.252 e. The molecule has 0 unspecified atom stereocenters. The molecule has 1 aliphatic heterocycles. The van der Waals surface area contributed by atoms with Gasteiger partial charge in [0.1, 0.15) is 6.20 Å². The standard InChI is InChI=1S/C11H12BrN2/c1-14(2)7-6-13-11(14)9-4-3-5-10(12)8-9/h3-8H,1-2H3/q+1. The molecule has 0 radical (unpaired) electrons. The van der Waals surface area contributed by atoms with Crippen LogP contribution in [0.5, 0.6) is 0 Å². The second-order valence-electron chi connectivity index (χ2n) is 3.80. The topological polar surface area (TPSA) is 12.4 Å². The van der Waals surface area contributed by atoms with Gasteiger partial charge in [0.15, 0.2) is 0 Å². The average molecular weight is 252 g/mol. The maximum Gasteiger partial charge on any atom is 0.239 e. The number of hydrogen-bond acceptors (Lipinski definition) is 1. The SMILES string of the molecule is C[N+]1(C)C=CN=C1c1cccc(Br)c1. The highest BCUT2D eigenvalue weighted by Gasteiger charge is 2.26. The second kappa shape index (κ2) is 3.33. The Labute approximate surface area is 92.3 Å². The van der Waals surface area contributed by atoms with Gasteiger partial charge in [-0.05, 0) is 18.2 Å². The Morgan fingerprint density at radius 2 is 2.07 bits per heavy atom. The van der Waals surface area contributed by atoms with E-state index in [1.807, 2.05) is 18.3 Å². The van der Waals surface area contributed by atoms with E-state index in [0.717, 1.165) is 15.9 Å². The molecule has 0 bridgehead atoms. The first kappa shape index (κ1) is 9.62. The third-order valence-electron chi connectivity index (χ3n) is 2.26. The number of aliphatic imine (C=N–C) groups is 1. The second-order valence-corrected chi connectivity index (χ2v) is 4.72. The smallest absolute Gasteiger partial charge is 0.239 e. The summed E-state index contributed by atoms with van der Waals surface area (Å²) in [4.78, 5) is 4.39. The quantitative estimate of drug-likeness (QED) is 0.681. The van der Waals surface area contributed by atoms with Crippen molar-refractivity contribution in [3.05, 3.63) is 46.7 Å². The molecule has 0 saturated heterocycles. The maximum atomic E-state index is 4.39. The van der Waals surface area contributed by atoms with Crippen LogP contribution in [-0.2, 0) is 0 Å². The summed E-state index contributed by atoms with van der Waals surface area (Å²) in [5, 5.41) is 0. The summed E-state index contributed by atoms with van der Waals surface area (Å²) in [5.74, 6) is 1.08. The summed E-state index contributed by atoms with van der Waals surface area (Å²) < 4.78 is 1.79. The van der Waals surface area contributed by atoms with Crippen LogP contribution >= 0.6 is 15.9 Å². The molecular weight excluding hydrogens is 240 g/mol. The molecule has 2 rings (SSSR count). The van der Waals surface area contributed by atoms with E-state index in [9.17, 15) is 0 Å². The summed E-state index contributed by atoms with van der Waals surface area (Å²) in [5.41, 5.74) is 1.16. The lowest BCUT2D eigenvalue weighted by atomic mass is 10.2. The molecule has 1 heterocycles. The third-order valence-corrected chi connectivity index (χ3v) is 2.76. The Bertz CT molecular complexity index is 419. The van der Waals surface area contributed by atoms with Crippen molar-refractivity contribution in [1.82, 2.24) is 0 Å². The van der Waals surface area contributed by atoms with Crippen LogP contribution in [0.2, 0.25) is 0 Å². The summed E-state index contributed by atoms with van der Waals surface area (Å²) in [6, 6.07) is 8.22. The van der Waals surface area contributed by atoms with E-state index in [-0.39, 0.29) is 0 Å². The Morgan fingerprint density at radius 3 is 2.64 bits per heavy atom. The van der Waals surface area contributed by atoms with Crippen molar-refractivity contribution in [3.8, 4) is 0 Å². The van der Waals surface area contributed by atoms with Crippen LogP contribution < -0.4 is 0 Å². The van der Waals surface area contributed by atoms with Crippen molar-refractivity contribution in [2.45, 2.75) is 0 Å². The van der Waals surface area contributed by atoms with Crippen LogP contribution in [0.25, 0.3) is 0 Å². The predicted molar refractivity (Wildman–Crippen MR) is 61.9 cm³/mol. The zero-order valence-corrected chi connectivity index (χ0v) is 9.82. The van der Waals surface area contributed by atoms with Crippen molar-refractivity contribution < 1.29 is 4.48 Å². The van der Waals surface area contributed by atoms with Crippen molar-refractivity contribution in [2.75, 3.05) is 14.1 Å². The van der Waals surface area contributed by atoms with Crippen molar-refractivity contribution in [3.63, 3.8) is 0 Å². The van der Waals surface area contributed by atoms with Crippen molar-refractivity contribution >= 4 is 21.8 Å². The van der Waals surface area contributed by atoms with Gasteiger partial charge in [0.25, 0.3) is 0 Å². The summed E-state index contributed by atoms with van der Waals surface area (Å²) in [6.07, 6.45) is 3.92. The lowest BCUT2D eigenvalue weighted by Crippen LogP contribution is -2.38. The van der Waals surface area contributed by atoms with Crippen molar-refractivity contribution in [1.29, 1.82) is 0 Å². The van der Waals surface area contributed by atoms with E-state index in [0.29, 0.717) is 4.48 Å². The summed E-state index contributed by atoms with van der Waals surface area (Å²) in [6.45, 7) is 0. The zero-order chi connectivity index (χ0) is 10.2. The number of amidine groups is 1. The molecule has 3 heteroatoms. The number of nitrogens with zero attached hydrogens (tertiary/aromatic N) is 2. The third kappa shape index (κ3) is 1.65.